The van der Waals surface area contributed by atoms with Crippen molar-refractivity contribution in [1.29, 1.82) is 0 Å². The van der Waals surface area contributed by atoms with Crippen molar-refractivity contribution in [3.8, 4) is 17.2 Å². The number of unbranched alkanes of at least 4 members (excludes halogenated alkanes) is 2. The van der Waals surface area contributed by atoms with Gasteiger partial charge in [-0.25, -0.2) is 9.69 Å². The number of fused-ring (bicyclic) bond motifs is 4. The van der Waals surface area contributed by atoms with Gasteiger partial charge in [0.1, 0.15) is 18.1 Å². The Balaban J connectivity index is 0.796. The molecule has 2 N–H and O–H groups in total. The molecule has 19 nitrogen and oxygen atoms in total. The highest BCUT2D eigenvalue weighted by Crippen LogP contribution is 2.41. The molecule has 19 heteroatoms. The van der Waals surface area contributed by atoms with E-state index >= 15 is 0 Å². The summed E-state index contributed by atoms with van der Waals surface area (Å²) < 4.78 is 29.4. The number of likely N-dealkylation sites (tertiary alicyclic amines) is 1. The predicted octanol–water partition coefficient (Wildman–Crippen LogP) is 7.67. The summed E-state index contributed by atoms with van der Waals surface area (Å²) in [6.45, 7) is 9.58. The zero-order chi connectivity index (χ0) is 54.8. The van der Waals surface area contributed by atoms with Gasteiger partial charge in [-0.15, -0.1) is 0 Å². The molecule has 410 valence electrons. The molecule has 4 atom stereocenters. The fourth-order valence-corrected chi connectivity index (χ4v) is 10.2. The number of aliphatic imine (C=N–C) groups is 1. The second-order valence-corrected chi connectivity index (χ2v) is 20.2. The van der Waals surface area contributed by atoms with Crippen LogP contribution >= 0.6 is 0 Å². The number of methoxy groups -OCH3 is 1. The van der Waals surface area contributed by atoms with Gasteiger partial charge in [0.2, 0.25) is 11.8 Å². The summed E-state index contributed by atoms with van der Waals surface area (Å²) in [7, 11) is 1.54. The number of aryl methyl sites for hydroxylation is 1. The van der Waals surface area contributed by atoms with Gasteiger partial charge in [0, 0.05) is 81.9 Å². The van der Waals surface area contributed by atoms with E-state index < -0.39 is 18.4 Å². The number of nitrogens with one attached hydrogen (secondary N) is 1. The Labute approximate surface area is 449 Å². The first-order valence-electron chi connectivity index (χ1n) is 26.7. The smallest absolute Gasteiger partial charge is 0.416 e. The summed E-state index contributed by atoms with van der Waals surface area (Å²) in [5.74, 6) is 0.0983. The number of Topliss-reactive ketones (excluding diaryl/α,β-unsaturated/α-hetero) is 2. The summed E-state index contributed by atoms with van der Waals surface area (Å²) in [5, 5.41) is 15.0. The van der Waals surface area contributed by atoms with Crippen LogP contribution in [-0.4, -0.2) is 145 Å². The zero-order valence-electron chi connectivity index (χ0n) is 44.7. The highest BCUT2D eigenvalue weighted by molar-refractivity contribution is 6.06. The normalized spacial score (nSPS) is 20.8. The average molecular weight is 1060 g/mol. The number of carbonyl (C=O) groups is 7. The minimum Gasteiger partial charge on any atom is -0.493 e. The molecule has 3 saturated heterocycles. The molecule has 3 aromatic carbocycles. The topological polar surface area (TPSA) is 223 Å². The van der Waals surface area contributed by atoms with Crippen molar-refractivity contribution < 1.29 is 62.4 Å². The fraction of sp³-hybridized carbons (Fsp3) is 0.483. The van der Waals surface area contributed by atoms with Gasteiger partial charge in [-0.1, -0.05) is 42.4 Å². The Morgan fingerprint density at radius 1 is 0.766 bits per heavy atom. The van der Waals surface area contributed by atoms with Crippen molar-refractivity contribution in [3.05, 3.63) is 94.1 Å². The summed E-state index contributed by atoms with van der Waals surface area (Å²) in [4.78, 5) is 101. The van der Waals surface area contributed by atoms with Crippen LogP contribution in [0.25, 0.3) is 0 Å². The van der Waals surface area contributed by atoms with Crippen LogP contribution in [0.4, 0.5) is 21.9 Å². The highest BCUT2D eigenvalue weighted by Gasteiger charge is 2.46. The van der Waals surface area contributed by atoms with Gasteiger partial charge >= 0.3 is 6.09 Å². The summed E-state index contributed by atoms with van der Waals surface area (Å²) >= 11 is 0. The van der Waals surface area contributed by atoms with Crippen molar-refractivity contribution in [3.63, 3.8) is 0 Å². The van der Waals surface area contributed by atoms with Gasteiger partial charge in [-0.3, -0.25) is 38.7 Å². The van der Waals surface area contributed by atoms with Crippen LogP contribution in [0.5, 0.6) is 17.2 Å². The van der Waals surface area contributed by atoms with Crippen molar-refractivity contribution in [1.82, 2.24) is 14.7 Å². The Morgan fingerprint density at radius 3 is 2.19 bits per heavy atom. The van der Waals surface area contributed by atoms with Crippen LogP contribution in [-0.2, 0) is 35.3 Å². The molecular weight excluding hydrogens is 989 g/mol. The first kappa shape index (κ1) is 55.8. The van der Waals surface area contributed by atoms with Gasteiger partial charge in [0.15, 0.2) is 23.5 Å². The molecule has 0 saturated carbocycles. The molecular formula is C58H70N6O13. The molecule has 5 aliphatic rings. The van der Waals surface area contributed by atoms with E-state index in [1.165, 1.54) is 10.5 Å². The van der Waals surface area contributed by atoms with E-state index in [9.17, 15) is 38.7 Å². The Hall–Kier alpha value is -7.38. The molecule has 0 spiro atoms. The maximum Gasteiger partial charge on any atom is 0.416 e. The third kappa shape index (κ3) is 13.2. The number of aliphatic hydroxyl groups is 1. The number of hydrogen-bond acceptors (Lipinski definition) is 15. The van der Waals surface area contributed by atoms with Gasteiger partial charge in [0.05, 0.1) is 68.1 Å². The van der Waals surface area contributed by atoms with Crippen LogP contribution < -0.4 is 24.4 Å². The number of carbonyl (C=O) groups excluding carboxylic acids is 7. The molecule has 8 rings (SSSR count). The molecule has 77 heavy (non-hydrogen) atoms. The average Bonchev–Trinajstić information content (AvgIpc) is 4.15. The van der Waals surface area contributed by atoms with Crippen LogP contribution in [0.2, 0.25) is 0 Å². The van der Waals surface area contributed by atoms with E-state index in [1.54, 1.807) is 67.5 Å². The molecule has 0 bridgehead atoms. The molecule has 5 aliphatic heterocycles. The molecule has 0 aromatic heterocycles. The van der Waals surface area contributed by atoms with E-state index in [-0.39, 0.29) is 110 Å². The zero-order valence-corrected chi connectivity index (χ0v) is 44.7. The van der Waals surface area contributed by atoms with E-state index in [2.05, 4.69) is 16.4 Å². The molecule has 0 aliphatic carbocycles. The van der Waals surface area contributed by atoms with Gasteiger partial charge in [-0.05, 0) is 94.7 Å². The van der Waals surface area contributed by atoms with E-state index in [0.717, 1.165) is 23.3 Å². The SMILES string of the molecule is C/C=C1\C[C@H]2C=Nc3cc(OCCCCCOc4cc5c(cc4C)C(=O)N4C/C(=C/C)C[C@H]4[C@H](O)N5C(=O)OCc4ccc(NCC(=O)CCOCCCC(=O)CCN5C(=O)CC(C)C5=O)cc4)c(OC)cc3C(=O)N2C1. The maximum atomic E-state index is 14.2. The second kappa shape index (κ2) is 25.6. The number of allylic oxidation sites excluding steroid dienone is 2. The lowest BCUT2D eigenvalue weighted by atomic mass is 10.1. The number of amides is 5. The fourth-order valence-electron chi connectivity index (χ4n) is 10.2. The van der Waals surface area contributed by atoms with Gasteiger partial charge in [-0.2, -0.15) is 0 Å². The molecule has 0 radical (unpaired) electrons. The lowest BCUT2D eigenvalue weighted by Gasteiger charge is -2.31. The first-order chi connectivity index (χ1) is 37.2. The first-order valence-corrected chi connectivity index (χ1v) is 26.7. The second-order valence-electron chi connectivity index (χ2n) is 20.2. The lowest BCUT2D eigenvalue weighted by Crippen LogP contribution is -2.50. The number of nitrogens with zero attached hydrogens (tertiary/aromatic N) is 5. The van der Waals surface area contributed by atoms with Gasteiger partial charge < -0.3 is 43.9 Å². The lowest BCUT2D eigenvalue weighted by molar-refractivity contribution is -0.139. The number of anilines is 2. The van der Waals surface area contributed by atoms with Crippen molar-refractivity contribution >= 4 is 64.6 Å². The van der Waals surface area contributed by atoms with Crippen LogP contribution in [0.15, 0.2) is 76.8 Å². The molecule has 5 amide bonds. The van der Waals surface area contributed by atoms with Crippen LogP contribution in [0, 0.1) is 12.8 Å². The molecule has 3 fully saturated rings. The number of hydrogen-bond donors (Lipinski definition) is 2. The van der Waals surface area contributed by atoms with Crippen molar-refractivity contribution in [2.75, 3.05) is 69.9 Å². The number of imide groups is 1. The number of aliphatic hydroxyl groups excluding tert-OH is 1. The largest absolute Gasteiger partial charge is 0.493 e. The van der Waals surface area contributed by atoms with E-state index in [4.69, 9.17) is 23.7 Å². The molecule has 5 heterocycles. The monoisotopic (exact) mass is 1060 g/mol. The quantitative estimate of drug-likeness (QED) is 0.0499. The number of ketones is 2. The van der Waals surface area contributed by atoms with Crippen molar-refractivity contribution in [2.45, 2.75) is 117 Å². The molecule has 1 unspecified atom stereocenters. The van der Waals surface area contributed by atoms with Crippen LogP contribution in [0.1, 0.15) is 117 Å². The maximum absolute atomic E-state index is 14.2. The Bertz CT molecular complexity index is 2830. The highest BCUT2D eigenvalue weighted by atomic mass is 16.6. The number of benzene rings is 3. The molecule has 3 aromatic rings. The standard InChI is InChI=1S/C58H70N6O13/c1-6-38-26-42-31-60-47-29-52(51(73-5)28-45(47)55(69)62(42)33-38)76-22-10-8-9-21-75-50-30-48-46(24-36(50)3)56(70)63-34-39(7-2)27-49(63)57(71)64(48)58(72)77-35-40-13-15-41(16-14-40)59-32-44(66)18-23-74-20-11-12-43(65)17-19-61-53(67)25-37(4)54(61)68/h6-7,13-16,24,28-31,37,42,49,57,59,71H,8-12,17-23,25-27,32-35H2,1-5H3/b38-6+,39-7+/t37?,42-,49-,57-/m0/s1. The minimum atomic E-state index is -1.42. The third-order valence-corrected chi connectivity index (χ3v) is 14.8. The summed E-state index contributed by atoms with van der Waals surface area (Å²) in [6, 6.07) is 13.0. The summed E-state index contributed by atoms with van der Waals surface area (Å²) in [5.41, 5.74) is 5.65. The van der Waals surface area contributed by atoms with E-state index in [0.29, 0.717) is 104 Å². The van der Waals surface area contributed by atoms with Crippen molar-refractivity contribution in [2.24, 2.45) is 10.9 Å². The van der Waals surface area contributed by atoms with Gasteiger partial charge in [0.25, 0.3) is 11.8 Å². The third-order valence-electron chi connectivity index (χ3n) is 14.8. The predicted molar refractivity (Wildman–Crippen MR) is 287 cm³/mol. The summed E-state index contributed by atoms with van der Waals surface area (Å²) in [6.07, 6.45) is 8.05. The van der Waals surface area contributed by atoms with Crippen LogP contribution in [0.3, 0.4) is 0 Å². The number of ether oxygens (including phenoxy) is 5. The Morgan fingerprint density at radius 2 is 1.48 bits per heavy atom. The minimum absolute atomic E-state index is 0.0535. The Kier molecular flexibility index (Phi) is 18.6. The number of rotatable bonds is 24. The van der Waals surface area contributed by atoms with E-state index in [1.807, 2.05) is 38.0 Å².